The molecule has 0 amide bonds. The number of nitrogens with one attached hydrogen (secondary N) is 1. The number of anilines is 1. The molecule has 14 heavy (non-hydrogen) atoms. The average Bonchev–Trinajstić information content (AvgIpc) is 2.10. The largest absolute Gasteiger partial charge is 0.385 e. The van der Waals surface area contributed by atoms with Crippen LogP contribution in [0.15, 0.2) is 35.3 Å². The topological polar surface area (TPSA) is 34.0 Å². The zero-order valence-corrected chi connectivity index (χ0v) is 8.71. The third-order valence-electron chi connectivity index (χ3n) is 1.99. The number of aromatic nitrogens is 1. The fraction of sp³-hybridized carbons (Fsp3) is 0.364. The van der Waals surface area contributed by atoms with Gasteiger partial charge in [0.1, 0.15) is 0 Å². The SMILES string of the molecule is C=C(C)CCNc1ccn(C)c(=O)c1. The van der Waals surface area contributed by atoms with Crippen molar-refractivity contribution < 1.29 is 0 Å². The summed E-state index contributed by atoms with van der Waals surface area (Å²) in [6.45, 7) is 6.63. The average molecular weight is 192 g/mol. The summed E-state index contributed by atoms with van der Waals surface area (Å²) < 4.78 is 1.55. The fourth-order valence-corrected chi connectivity index (χ4v) is 1.08. The molecule has 0 atom stereocenters. The Kier molecular flexibility index (Phi) is 3.51. The Morgan fingerprint density at radius 3 is 2.93 bits per heavy atom. The third-order valence-corrected chi connectivity index (χ3v) is 1.99. The van der Waals surface area contributed by atoms with Gasteiger partial charge in [0.15, 0.2) is 0 Å². The van der Waals surface area contributed by atoms with Gasteiger partial charge in [0.25, 0.3) is 5.56 Å². The molecule has 1 aromatic heterocycles. The minimum atomic E-state index is 0.00493. The van der Waals surface area contributed by atoms with Crippen LogP contribution >= 0.6 is 0 Å². The standard InChI is InChI=1S/C11H16N2O/c1-9(2)4-6-12-10-5-7-13(3)11(14)8-10/h5,7-8,12H,1,4,6H2,2-3H3. The molecule has 0 aliphatic rings. The van der Waals surface area contributed by atoms with E-state index in [4.69, 9.17) is 0 Å². The Morgan fingerprint density at radius 1 is 1.64 bits per heavy atom. The van der Waals surface area contributed by atoms with Gasteiger partial charge in [0.05, 0.1) is 0 Å². The molecule has 0 spiro atoms. The van der Waals surface area contributed by atoms with Crippen LogP contribution in [0.5, 0.6) is 0 Å². The van der Waals surface area contributed by atoms with Gasteiger partial charge in [-0.3, -0.25) is 4.79 Å². The summed E-state index contributed by atoms with van der Waals surface area (Å²) in [5.41, 5.74) is 2.01. The van der Waals surface area contributed by atoms with Crippen molar-refractivity contribution in [3.05, 3.63) is 40.8 Å². The van der Waals surface area contributed by atoms with Crippen LogP contribution in [0.1, 0.15) is 13.3 Å². The third kappa shape index (κ3) is 3.09. The summed E-state index contributed by atoms with van der Waals surface area (Å²) in [4.78, 5) is 11.2. The lowest BCUT2D eigenvalue weighted by Gasteiger charge is -2.06. The molecule has 0 fully saturated rings. The molecule has 3 nitrogen and oxygen atoms in total. The van der Waals surface area contributed by atoms with Gasteiger partial charge in [-0.05, 0) is 19.4 Å². The summed E-state index contributed by atoms with van der Waals surface area (Å²) >= 11 is 0. The van der Waals surface area contributed by atoms with E-state index < -0.39 is 0 Å². The lowest BCUT2D eigenvalue weighted by Crippen LogP contribution is -2.15. The van der Waals surface area contributed by atoms with Crippen LogP contribution in [0.25, 0.3) is 0 Å². The van der Waals surface area contributed by atoms with Crippen molar-refractivity contribution in [2.75, 3.05) is 11.9 Å². The first-order valence-electron chi connectivity index (χ1n) is 4.64. The summed E-state index contributed by atoms with van der Waals surface area (Å²) in [6.07, 6.45) is 2.68. The van der Waals surface area contributed by atoms with E-state index in [1.165, 1.54) is 0 Å². The second-order valence-corrected chi connectivity index (χ2v) is 3.50. The second-order valence-electron chi connectivity index (χ2n) is 3.50. The number of rotatable bonds is 4. The van der Waals surface area contributed by atoms with E-state index in [9.17, 15) is 4.79 Å². The number of hydrogen-bond donors (Lipinski definition) is 1. The highest BCUT2D eigenvalue weighted by molar-refractivity contribution is 5.40. The molecule has 0 aromatic carbocycles. The first-order chi connectivity index (χ1) is 6.59. The molecule has 0 saturated heterocycles. The first kappa shape index (κ1) is 10.6. The van der Waals surface area contributed by atoms with Crippen LogP contribution < -0.4 is 10.9 Å². The predicted octanol–water partition coefficient (Wildman–Crippen LogP) is 1.76. The molecule has 0 unspecified atom stereocenters. The minimum Gasteiger partial charge on any atom is -0.385 e. The lowest BCUT2D eigenvalue weighted by molar-refractivity contribution is 0.859. The van der Waals surface area contributed by atoms with E-state index in [2.05, 4.69) is 11.9 Å². The molecular weight excluding hydrogens is 176 g/mol. The highest BCUT2D eigenvalue weighted by Gasteiger charge is 1.94. The monoisotopic (exact) mass is 192 g/mol. The van der Waals surface area contributed by atoms with Gasteiger partial charge >= 0.3 is 0 Å². The number of pyridine rings is 1. The molecule has 0 aliphatic heterocycles. The Labute approximate surface area is 84.1 Å². The molecule has 1 N–H and O–H groups in total. The van der Waals surface area contributed by atoms with E-state index in [1.54, 1.807) is 23.9 Å². The van der Waals surface area contributed by atoms with Crippen molar-refractivity contribution in [3.8, 4) is 0 Å². The summed E-state index contributed by atoms with van der Waals surface area (Å²) in [6, 6.07) is 3.48. The number of nitrogens with zero attached hydrogens (tertiary/aromatic N) is 1. The number of hydrogen-bond acceptors (Lipinski definition) is 2. The summed E-state index contributed by atoms with van der Waals surface area (Å²) in [5.74, 6) is 0. The molecule has 1 heterocycles. The van der Waals surface area contributed by atoms with Gasteiger partial charge in [-0.2, -0.15) is 0 Å². The van der Waals surface area contributed by atoms with E-state index in [-0.39, 0.29) is 5.56 Å². The predicted molar refractivity (Wildman–Crippen MR) is 59.6 cm³/mol. The highest BCUT2D eigenvalue weighted by atomic mass is 16.1. The van der Waals surface area contributed by atoms with Gasteiger partial charge in [-0.1, -0.05) is 5.57 Å². The van der Waals surface area contributed by atoms with Crippen molar-refractivity contribution in [1.82, 2.24) is 4.57 Å². The van der Waals surface area contributed by atoms with Crippen LogP contribution in [0.4, 0.5) is 5.69 Å². The van der Waals surface area contributed by atoms with Gasteiger partial charge < -0.3 is 9.88 Å². The van der Waals surface area contributed by atoms with Gasteiger partial charge in [-0.25, -0.2) is 0 Å². The molecule has 76 valence electrons. The van der Waals surface area contributed by atoms with Crippen LogP contribution in [0.2, 0.25) is 0 Å². The molecule has 0 radical (unpaired) electrons. The zero-order valence-electron chi connectivity index (χ0n) is 8.71. The molecule has 0 saturated carbocycles. The molecule has 0 bridgehead atoms. The number of aryl methyl sites for hydroxylation is 1. The maximum atomic E-state index is 11.2. The van der Waals surface area contributed by atoms with Gasteiger partial charge in [0.2, 0.25) is 0 Å². The van der Waals surface area contributed by atoms with Crippen LogP contribution in [-0.4, -0.2) is 11.1 Å². The Hall–Kier alpha value is -1.51. The van der Waals surface area contributed by atoms with E-state index in [0.717, 1.165) is 24.2 Å². The first-order valence-corrected chi connectivity index (χ1v) is 4.64. The van der Waals surface area contributed by atoms with E-state index in [1.807, 2.05) is 13.0 Å². The summed E-state index contributed by atoms with van der Waals surface area (Å²) in [7, 11) is 1.74. The van der Waals surface area contributed by atoms with Crippen molar-refractivity contribution >= 4 is 5.69 Å². The van der Waals surface area contributed by atoms with Crippen LogP contribution in [0, 0.1) is 0 Å². The Morgan fingerprint density at radius 2 is 2.36 bits per heavy atom. The van der Waals surface area contributed by atoms with Crippen molar-refractivity contribution in [3.63, 3.8) is 0 Å². The fourth-order valence-electron chi connectivity index (χ4n) is 1.08. The normalized spacial score (nSPS) is 9.86. The minimum absolute atomic E-state index is 0.00493. The molecular formula is C11H16N2O. The maximum absolute atomic E-state index is 11.2. The second kappa shape index (κ2) is 4.65. The summed E-state index contributed by atoms with van der Waals surface area (Å²) in [5, 5.41) is 3.17. The van der Waals surface area contributed by atoms with Crippen molar-refractivity contribution in [2.45, 2.75) is 13.3 Å². The molecule has 0 aliphatic carbocycles. The van der Waals surface area contributed by atoms with Gasteiger partial charge in [-0.15, -0.1) is 6.58 Å². The molecule has 1 rings (SSSR count). The van der Waals surface area contributed by atoms with Crippen molar-refractivity contribution in [1.29, 1.82) is 0 Å². The zero-order chi connectivity index (χ0) is 10.6. The van der Waals surface area contributed by atoms with Crippen LogP contribution in [-0.2, 0) is 7.05 Å². The van der Waals surface area contributed by atoms with Gasteiger partial charge in [0, 0.05) is 31.5 Å². The molecule has 3 heteroatoms. The maximum Gasteiger partial charge on any atom is 0.252 e. The van der Waals surface area contributed by atoms with Crippen molar-refractivity contribution in [2.24, 2.45) is 7.05 Å². The van der Waals surface area contributed by atoms with E-state index in [0.29, 0.717) is 0 Å². The molecule has 1 aromatic rings. The highest BCUT2D eigenvalue weighted by Crippen LogP contribution is 2.03. The lowest BCUT2D eigenvalue weighted by atomic mass is 10.2. The Balaban J connectivity index is 2.56. The van der Waals surface area contributed by atoms with Crippen LogP contribution in [0.3, 0.4) is 0 Å². The Bertz CT molecular complexity index is 379. The van der Waals surface area contributed by atoms with E-state index >= 15 is 0 Å². The quantitative estimate of drug-likeness (QED) is 0.738. The smallest absolute Gasteiger partial charge is 0.252 e.